The van der Waals surface area contributed by atoms with Gasteiger partial charge in [0.2, 0.25) is 4.96 Å². The quantitative estimate of drug-likeness (QED) is 0.555. The Kier molecular flexibility index (Phi) is 3.73. The number of furan rings is 1. The molecule has 4 aromatic rings. The molecule has 0 bridgehead atoms. The molecule has 3 heterocycles. The number of aromatic nitrogens is 3. The van der Waals surface area contributed by atoms with Crippen molar-refractivity contribution in [3.8, 4) is 0 Å². The fourth-order valence-electron chi connectivity index (χ4n) is 2.35. The van der Waals surface area contributed by atoms with Gasteiger partial charge in [-0.3, -0.25) is 9.59 Å². The lowest BCUT2D eigenvalue weighted by Gasteiger charge is -2.00. The summed E-state index contributed by atoms with van der Waals surface area (Å²) in [5.41, 5.74) is -0.0410. The van der Waals surface area contributed by atoms with Crippen LogP contribution < -0.4 is 15.7 Å². The molecule has 8 heteroatoms. The van der Waals surface area contributed by atoms with Crippen LogP contribution in [0.25, 0.3) is 11.0 Å². The average molecular weight is 355 g/mol. The molecule has 0 amide bonds. The zero-order chi connectivity index (χ0) is 17.4. The van der Waals surface area contributed by atoms with Crippen molar-refractivity contribution >= 4 is 22.4 Å². The Hall–Kier alpha value is -3.13. The highest BCUT2D eigenvalue weighted by Gasteiger charge is 2.12. The van der Waals surface area contributed by atoms with Gasteiger partial charge in [-0.15, -0.1) is 0 Å². The molecule has 0 spiro atoms. The summed E-state index contributed by atoms with van der Waals surface area (Å²) in [7, 11) is 0. The molecule has 25 heavy (non-hydrogen) atoms. The summed E-state index contributed by atoms with van der Waals surface area (Å²) < 4.78 is 19.7. The molecular weight excluding hydrogens is 345 g/mol. The van der Waals surface area contributed by atoms with E-state index in [2.05, 4.69) is 10.1 Å². The van der Waals surface area contributed by atoms with E-state index in [0.29, 0.717) is 15.9 Å². The minimum Gasteiger partial charge on any atom is -0.465 e. The fraction of sp³-hybridized carbons (Fsp3) is 0.0588. The third-order valence-electron chi connectivity index (χ3n) is 3.55. The number of benzene rings is 1. The Morgan fingerprint density at radius 2 is 2.00 bits per heavy atom. The first-order valence-corrected chi connectivity index (χ1v) is 8.14. The molecule has 0 aliphatic rings. The van der Waals surface area contributed by atoms with Gasteiger partial charge in [0, 0.05) is 12.5 Å². The van der Waals surface area contributed by atoms with Crippen LogP contribution in [-0.2, 0) is 6.42 Å². The molecule has 0 radical (unpaired) electrons. The van der Waals surface area contributed by atoms with Crippen LogP contribution in [0, 0.1) is 5.82 Å². The predicted molar refractivity (Wildman–Crippen MR) is 90.1 cm³/mol. The molecule has 1 aromatic carbocycles. The average Bonchev–Trinajstić information content (AvgIpc) is 3.20. The smallest absolute Gasteiger partial charge is 0.296 e. The maximum atomic E-state index is 13.0. The topological polar surface area (TPSA) is 77.5 Å². The van der Waals surface area contributed by atoms with Gasteiger partial charge in [-0.2, -0.15) is 14.6 Å². The van der Waals surface area contributed by atoms with Gasteiger partial charge in [0.1, 0.15) is 21.8 Å². The summed E-state index contributed by atoms with van der Waals surface area (Å²) in [5.74, 6) is 0.165. The second-order valence-electron chi connectivity index (χ2n) is 5.29. The maximum absolute atomic E-state index is 13.0. The van der Waals surface area contributed by atoms with Gasteiger partial charge >= 0.3 is 0 Å². The van der Waals surface area contributed by atoms with Crippen LogP contribution in [0.1, 0.15) is 17.0 Å². The van der Waals surface area contributed by atoms with Gasteiger partial charge in [0.15, 0.2) is 0 Å². The Balaban J connectivity index is 1.81. The number of thiazole rings is 1. The number of hydrogen-bond acceptors (Lipinski definition) is 6. The summed E-state index contributed by atoms with van der Waals surface area (Å²) in [6.45, 7) is 0. The molecule has 0 fully saturated rings. The van der Waals surface area contributed by atoms with E-state index in [9.17, 15) is 14.0 Å². The third-order valence-corrected chi connectivity index (χ3v) is 4.51. The summed E-state index contributed by atoms with van der Waals surface area (Å²) in [6, 6.07) is 9.16. The van der Waals surface area contributed by atoms with Crippen LogP contribution in [0.15, 0.2) is 56.7 Å². The molecule has 0 aliphatic heterocycles. The van der Waals surface area contributed by atoms with Crippen molar-refractivity contribution < 1.29 is 8.81 Å². The van der Waals surface area contributed by atoms with E-state index in [4.69, 9.17) is 4.42 Å². The van der Waals surface area contributed by atoms with Crippen molar-refractivity contribution in [1.82, 2.24) is 14.6 Å². The zero-order valence-corrected chi connectivity index (χ0v) is 13.5. The van der Waals surface area contributed by atoms with Crippen molar-refractivity contribution in [1.29, 1.82) is 0 Å². The molecule has 0 atom stereocenters. The molecule has 0 aliphatic carbocycles. The second kappa shape index (κ2) is 6.06. The van der Waals surface area contributed by atoms with Gasteiger partial charge < -0.3 is 4.42 Å². The molecule has 6 nitrogen and oxygen atoms in total. The number of halogens is 1. The van der Waals surface area contributed by atoms with Crippen LogP contribution >= 0.6 is 11.3 Å². The van der Waals surface area contributed by atoms with E-state index in [0.717, 1.165) is 15.9 Å². The van der Waals surface area contributed by atoms with Crippen LogP contribution in [-0.4, -0.2) is 14.6 Å². The standard InChI is InChI=1S/C17H10FN3O3S/c18-11-5-3-10(4-6-11)8-13-15(22)19-17-21(20-13)16(23)14(25-17)9-12-2-1-7-24-12/h1-7,9H,8H2/b14-9+. The first kappa shape index (κ1) is 15.4. The van der Waals surface area contributed by atoms with Crippen LogP contribution in [0.4, 0.5) is 4.39 Å². The lowest BCUT2D eigenvalue weighted by atomic mass is 10.1. The monoisotopic (exact) mass is 355 g/mol. The lowest BCUT2D eigenvalue weighted by Crippen LogP contribution is -2.28. The van der Waals surface area contributed by atoms with E-state index in [-0.39, 0.29) is 28.5 Å². The molecule has 4 rings (SSSR count). The first-order chi connectivity index (χ1) is 12.1. The minimum atomic E-state index is -0.505. The number of rotatable bonds is 3. The highest BCUT2D eigenvalue weighted by atomic mass is 32.1. The first-order valence-electron chi connectivity index (χ1n) is 7.32. The highest BCUT2D eigenvalue weighted by molar-refractivity contribution is 7.15. The highest BCUT2D eigenvalue weighted by Crippen LogP contribution is 2.07. The van der Waals surface area contributed by atoms with Crippen molar-refractivity contribution in [3.63, 3.8) is 0 Å². The number of fused-ring (bicyclic) bond motifs is 1. The normalized spacial score (nSPS) is 12.1. The summed E-state index contributed by atoms with van der Waals surface area (Å²) in [6.07, 6.45) is 3.25. The van der Waals surface area contributed by atoms with Crippen molar-refractivity contribution in [3.05, 3.63) is 90.7 Å². The largest absolute Gasteiger partial charge is 0.465 e. The van der Waals surface area contributed by atoms with E-state index < -0.39 is 5.56 Å². The fourth-order valence-corrected chi connectivity index (χ4v) is 3.23. The van der Waals surface area contributed by atoms with Crippen LogP contribution in [0.3, 0.4) is 0 Å². The molecule has 124 valence electrons. The Bertz CT molecular complexity index is 1210. The molecule has 0 saturated heterocycles. The SMILES string of the molecule is O=c1nc2s/c(=C/c3ccco3)c(=O)n2nc1Cc1ccc(F)cc1. The van der Waals surface area contributed by atoms with Gasteiger partial charge in [0.05, 0.1) is 6.26 Å². The van der Waals surface area contributed by atoms with Crippen molar-refractivity contribution in [2.45, 2.75) is 6.42 Å². The van der Waals surface area contributed by atoms with E-state index in [1.54, 1.807) is 30.3 Å². The Morgan fingerprint density at radius 1 is 1.20 bits per heavy atom. The van der Waals surface area contributed by atoms with Crippen LogP contribution in [0.5, 0.6) is 0 Å². The van der Waals surface area contributed by atoms with E-state index >= 15 is 0 Å². The third kappa shape index (κ3) is 2.99. The number of hydrogen-bond donors (Lipinski definition) is 0. The van der Waals surface area contributed by atoms with Gasteiger partial charge in [-0.25, -0.2) is 4.39 Å². The Morgan fingerprint density at radius 3 is 2.72 bits per heavy atom. The molecule has 3 aromatic heterocycles. The van der Waals surface area contributed by atoms with Crippen LogP contribution in [0.2, 0.25) is 0 Å². The van der Waals surface area contributed by atoms with E-state index in [1.807, 2.05) is 0 Å². The Labute approximate surface area is 143 Å². The second-order valence-corrected chi connectivity index (χ2v) is 6.30. The zero-order valence-electron chi connectivity index (χ0n) is 12.7. The molecular formula is C17H10FN3O3S. The van der Waals surface area contributed by atoms with E-state index in [1.165, 1.54) is 18.4 Å². The summed E-state index contributed by atoms with van der Waals surface area (Å²) in [5, 5.41) is 4.14. The van der Waals surface area contributed by atoms with Gasteiger partial charge in [-0.1, -0.05) is 23.5 Å². The minimum absolute atomic E-state index is 0.128. The summed E-state index contributed by atoms with van der Waals surface area (Å²) in [4.78, 5) is 28.8. The number of nitrogens with zero attached hydrogens (tertiary/aromatic N) is 3. The van der Waals surface area contributed by atoms with Crippen molar-refractivity contribution in [2.75, 3.05) is 0 Å². The predicted octanol–water partition coefficient (Wildman–Crippen LogP) is 1.38. The summed E-state index contributed by atoms with van der Waals surface area (Å²) >= 11 is 1.06. The lowest BCUT2D eigenvalue weighted by molar-refractivity contribution is 0.556. The van der Waals surface area contributed by atoms with Gasteiger partial charge in [0.25, 0.3) is 11.1 Å². The maximum Gasteiger partial charge on any atom is 0.296 e. The van der Waals surface area contributed by atoms with Gasteiger partial charge in [-0.05, 0) is 29.8 Å². The molecule has 0 saturated carbocycles. The molecule has 0 N–H and O–H groups in total. The van der Waals surface area contributed by atoms with Crippen molar-refractivity contribution in [2.24, 2.45) is 0 Å². The molecule has 0 unspecified atom stereocenters.